The highest BCUT2D eigenvalue weighted by Crippen LogP contribution is 2.48. The molecule has 0 amide bonds. The number of aromatic nitrogens is 3. The number of carbonyl (C=O) groups is 2. The number of hydrogen-bond donors (Lipinski definition) is 0. The number of rotatable bonds is 10. The Hall–Kier alpha value is -5.82. The summed E-state index contributed by atoms with van der Waals surface area (Å²) < 4.78 is 34.9. The molecule has 13 heteroatoms. The van der Waals surface area contributed by atoms with Crippen LogP contribution in [0.15, 0.2) is 97.2 Å². The van der Waals surface area contributed by atoms with Crippen LogP contribution in [0.1, 0.15) is 28.1 Å². The molecule has 6 aromatic rings. The third kappa shape index (κ3) is 5.95. The fourth-order valence-corrected chi connectivity index (χ4v) is 6.41. The predicted octanol–water partition coefficient (Wildman–Crippen LogP) is 7.22. The number of benzene rings is 4. The molecule has 1 fully saturated rings. The molecular weight excluding hydrogens is 630 g/mol. The molecule has 0 saturated heterocycles. The summed E-state index contributed by atoms with van der Waals surface area (Å²) in [7, 11) is 0. The molecule has 1 saturated carbocycles. The highest BCUT2D eigenvalue weighted by molar-refractivity contribution is 7.21. The predicted molar refractivity (Wildman–Crippen MR) is 168 cm³/mol. The molecular formula is C34H22F2N4O6S. The molecule has 4 aromatic carbocycles. The van der Waals surface area contributed by atoms with Gasteiger partial charge in [-0.05, 0) is 73.0 Å². The summed E-state index contributed by atoms with van der Waals surface area (Å²) in [5, 5.41) is 18.7. The van der Waals surface area contributed by atoms with E-state index in [1.807, 2.05) is 0 Å². The quantitative estimate of drug-likeness (QED) is 0.0499. The first-order valence-electron chi connectivity index (χ1n) is 14.3. The van der Waals surface area contributed by atoms with Crippen molar-refractivity contribution >= 4 is 33.2 Å². The van der Waals surface area contributed by atoms with Crippen molar-refractivity contribution in [2.45, 2.75) is 12.8 Å². The van der Waals surface area contributed by atoms with Gasteiger partial charge in [0.1, 0.15) is 29.7 Å². The van der Waals surface area contributed by atoms with Gasteiger partial charge in [-0.1, -0.05) is 41.6 Å². The molecule has 1 aliphatic carbocycles. The maximum Gasteiger partial charge on any atom is 0.319 e. The number of halogens is 2. The van der Waals surface area contributed by atoms with Crippen LogP contribution in [-0.4, -0.2) is 38.4 Å². The van der Waals surface area contributed by atoms with E-state index < -0.39 is 22.3 Å². The van der Waals surface area contributed by atoms with Gasteiger partial charge in [0.2, 0.25) is 5.78 Å². The van der Waals surface area contributed by atoms with Crippen LogP contribution in [0.2, 0.25) is 0 Å². The van der Waals surface area contributed by atoms with Gasteiger partial charge in [0.15, 0.2) is 0 Å². The van der Waals surface area contributed by atoms with Crippen molar-refractivity contribution in [3.8, 4) is 33.8 Å². The number of esters is 1. The van der Waals surface area contributed by atoms with Crippen LogP contribution in [0.25, 0.3) is 38.2 Å². The molecule has 7 rings (SSSR count). The van der Waals surface area contributed by atoms with E-state index in [-0.39, 0.29) is 24.0 Å². The first kappa shape index (κ1) is 29.9. The van der Waals surface area contributed by atoms with Gasteiger partial charge in [0, 0.05) is 26.8 Å². The normalized spacial score (nSPS) is 13.3. The Kier molecular flexibility index (Phi) is 7.52. The Morgan fingerprint density at radius 3 is 2.23 bits per heavy atom. The molecule has 10 nitrogen and oxygen atoms in total. The summed E-state index contributed by atoms with van der Waals surface area (Å²) in [6.45, 7) is -0.376. The van der Waals surface area contributed by atoms with Crippen molar-refractivity contribution < 1.29 is 33.0 Å². The Balaban J connectivity index is 1.19. The van der Waals surface area contributed by atoms with Crippen molar-refractivity contribution in [1.82, 2.24) is 15.0 Å². The second kappa shape index (κ2) is 11.8. The third-order valence-electron chi connectivity index (χ3n) is 7.97. The summed E-state index contributed by atoms with van der Waals surface area (Å²) in [6, 6.07) is 23.5. The zero-order valence-corrected chi connectivity index (χ0v) is 25.1. The van der Waals surface area contributed by atoms with Gasteiger partial charge in [0.05, 0.1) is 22.2 Å². The van der Waals surface area contributed by atoms with E-state index in [9.17, 15) is 28.5 Å². The third-order valence-corrected chi connectivity index (χ3v) is 9.12. The lowest BCUT2D eigenvalue weighted by molar-refractivity contribution is -0.759. The molecule has 0 radical (unpaired) electrons. The van der Waals surface area contributed by atoms with Crippen molar-refractivity contribution in [1.29, 1.82) is 0 Å². The minimum absolute atomic E-state index is 0.221. The number of thiophene rings is 1. The molecule has 234 valence electrons. The van der Waals surface area contributed by atoms with Crippen LogP contribution in [0, 0.1) is 27.2 Å². The zero-order chi connectivity index (χ0) is 32.7. The van der Waals surface area contributed by atoms with Crippen molar-refractivity contribution in [2.24, 2.45) is 5.41 Å². The first-order valence-corrected chi connectivity index (χ1v) is 15.2. The van der Waals surface area contributed by atoms with E-state index in [0.29, 0.717) is 61.4 Å². The van der Waals surface area contributed by atoms with Gasteiger partial charge in [-0.3, -0.25) is 9.59 Å². The number of nitrogens with zero attached hydrogens (tertiary/aromatic N) is 4. The smallest absolute Gasteiger partial charge is 0.319 e. The van der Waals surface area contributed by atoms with E-state index in [1.165, 1.54) is 40.3 Å². The summed E-state index contributed by atoms with van der Waals surface area (Å²) >= 11 is 1.21. The van der Waals surface area contributed by atoms with E-state index in [4.69, 9.17) is 4.74 Å². The van der Waals surface area contributed by atoms with E-state index in [1.54, 1.807) is 72.9 Å². The lowest BCUT2D eigenvalue weighted by atomic mass is 9.97. The summed E-state index contributed by atoms with van der Waals surface area (Å²) in [4.78, 5) is 42.3. The average Bonchev–Trinajstić information content (AvgIpc) is 3.55. The van der Waals surface area contributed by atoms with E-state index in [0.717, 1.165) is 0 Å². The number of fused-ring (bicyclic) bond motifs is 1. The maximum atomic E-state index is 14.0. The number of hydrogen-bond acceptors (Lipinski definition) is 9. The van der Waals surface area contributed by atoms with Crippen molar-refractivity contribution in [3.63, 3.8) is 0 Å². The Labute approximate surface area is 268 Å². The largest absolute Gasteiger partial charge is 0.426 e. The molecule has 0 N–H and O–H groups in total. The topological polar surface area (TPSA) is 126 Å². The SMILES string of the molecule is O=C(c1ccc(-c2cn(-c3ccc(F)cc3)nn2)cc1)c1sc2cc(OC(=O)C3(CO[N+](=O)[O-])CC3)ccc2c1-c1ccc(F)cc1. The Bertz CT molecular complexity index is 2160. The fraction of sp³-hybridized carbons (Fsp3) is 0.118. The second-order valence-electron chi connectivity index (χ2n) is 11.1. The fourth-order valence-electron chi connectivity index (χ4n) is 5.19. The standard InChI is InChI=1S/C34H22F2N4O6S/c35-23-7-5-21(6-8-23)30-27-14-13-26(46-33(42)34(15-16-34)19-45-40(43)44)17-29(27)47-32(30)31(41)22-3-1-20(2-4-22)28-18-39(38-37-28)25-11-9-24(36)10-12-25/h1-14,17-18H,15-16,19H2. The van der Waals surface area contributed by atoms with Gasteiger partial charge in [-0.2, -0.15) is 0 Å². The van der Waals surface area contributed by atoms with Gasteiger partial charge in [-0.25, -0.2) is 13.5 Å². The Morgan fingerprint density at radius 1 is 0.915 bits per heavy atom. The van der Waals surface area contributed by atoms with Gasteiger partial charge < -0.3 is 9.57 Å². The van der Waals surface area contributed by atoms with Crippen LogP contribution in [0.5, 0.6) is 5.75 Å². The number of carbonyl (C=O) groups excluding carboxylic acids is 2. The molecule has 2 heterocycles. The molecule has 2 aromatic heterocycles. The summed E-state index contributed by atoms with van der Waals surface area (Å²) in [6.07, 6.45) is 2.53. The minimum Gasteiger partial charge on any atom is -0.426 e. The number of ether oxygens (including phenoxy) is 1. The highest BCUT2D eigenvalue weighted by Gasteiger charge is 2.52. The van der Waals surface area contributed by atoms with Gasteiger partial charge in [-0.15, -0.1) is 26.5 Å². The van der Waals surface area contributed by atoms with Crippen LogP contribution in [-0.2, 0) is 9.63 Å². The maximum absolute atomic E-state index is 14.0. The van der Waals surface area contributed by atoms with Crippen LogP contribution >= 0.6 is 11.3 Å². The van der Waals surface area contributed by atoms with Crippen LogP contribution < -0.4 is 4.74 Å². The molecule has 47 heavy (non-hydrogen) atoms. The first-order chi connectivity index (χ1) is 22.7. The highest BCUT2D eigenvalue weighted by atomic mass is 32.1. The molecule has 0 atom stereocenters. The molecule has 0 aliphatic heterocycles. The molecule has 0 bridgehead atoms. The van der Waals surface area contributed by atoms with Crippen LogP contribution in [0.4, 0.5) is 8.78 Å². The van der Waals surface area contributed by atoms with Crippen molar-refractivity contribution in [2.75, 3.05) is 6.61 Å². The Morgan fingerprint density at radius 2 is 1.57 bits per heavy atom. The van der Waals surface area contributed by atoms with E-state index >= 15 is 0 Å². The van der Waals surface area contributed by atoms with Crippen LogP contribution in [0.3, 0.4) is 0 Å². The van der Waals surface area contributed by atoms with E-state index in [2.05, 4.69) is 15.1 Å². The molecule has 0 unspecified atom stereocenters. The van der Waals surface area contributed by atoms with Gasteiger partial charge in [0.25, 0.3) is 5.09 Å². The summed E-state index contributed by atoms with van der Waals surface area (Å²) in [5.41, 5.74) is 2.51. The zero-order valence-electron chi connectivity index (χ0n) is 24.3. The average molecular weight is 653 g/mol. The lowest BCUT2D eigenvalue weighted by Gasteiger charge is -2.13. The van der Waals surface area contributed by atoms with Gasteiger partial charge >= 0.3 is 5.97 Å². The summed E-state index contributed by atoms with van der Waals surface area (Å²) in [5.74, 6) is -1.44. The van der Waals surface area contributed by atoms with Crippen molar-refractivity contribution in [3.05, 3.63) is 129 Å². The lowest BCUT2D eigenvalue weighted by Crippen LogP contribution is -2.27. The molecule has 1 aliphatic rings. The molecule has 0 spiro atoms. The number of ketones is 1. The minimum atomic E-state index is -1.06. The second-order valence-corrected chi connectivity index (χ2v) is 12.1. The monoisotopic (exact) mass is 652 g/mol.